The third-order valence-corrected chi connectivity index (χ3v) is 7.21. The lowest BCUT2D eigenvalue weighted by Crippen LogP contribution is -2.43. The van der Waals surface area contributed by atoms with Gasteiger partial charge in [-0.15, -0.1) is 0 Å². The van der Waals surface area contributed by atoms with Crippen LogP contribution in [0.25, 0.3) is 0 Å². The molecule has 2 amide bonds. The Morgan fingerprint density at radius 1 is 1.07 bits per heavy atom. The molecule has 1 atom stereocenters. The van der Waals surface area contributed by atoms with Crippen molar-refractivity contribution in [2.24, 2.45) is 0 Å². The number of sulfone groups is 1. The van der Waals surface area contributed by atoms with E-state index in [9.17, 15) is 13.2 Å². The number of carbonyl (C=O) groups is 1. The average molecular weight is 385 g/mol. The van der Waals surface area contributed by atoms with Gasteiger partial charge in [0.2, 0.25) is 0 Å². The molecule has 6 heteroatoms. The Kier molecular flexibility index (Phi) is 4.91. The highest BCUT2D eigenvalue weighted by atomic mass is 32.2. The van der Waals surface area contributed by atoms with Crippen LogP contribution in [-0.2, 0) is 29.2 Å². The van der Waals surface area contributed by atoms with Crippen LogP contribution in [0.5, 0.6) is 0 Å². The van der Waals surface area contributed by atoms with Crippen LogP contribution < -0.4 is 5.32 Å². The quantitative estimate of drug-likeness (QED) is 0.879. The average Bonchev–Trinajstić information content (AvgIpc) is 3.26. The van der Waals surface area contributed by atoms with E-state index < -0.39 is 9.84 Å². The van der Waals surface area contributed by atoms with Crippen molar-refractivity contribution < 1.29 is 13.2 Å². The fourth-order valence-electron chi connectivity index (χ4n) is 4.01. The Balaban J connectivity index is 1.54. The number of nitrogens with zero attached hydrogens (tertiary/aromatic N) is 1. The van der Waals surface area contributed by atoms with Crippen molar-refractivity contribution in [3.05, 3.63) is 65.2 Å². The van der Waals surface area contributed by atoms with Gasteiger partial charge in [0.1, 0.15) is 0 Å². The third-order valence-electron chi connectivity index (χ3n) is 5.46. The SMILES string of the molecule is O=C(Nc1ccc2c(c1)CCC2)N(Cc1ccccc1)[C@@H]1CCS(=O)(=O)C1. The highest BCUT2D eigenvalue weighted by Gasteiger charge is 2.34. The van der Waals surface area contributed by atoms with Crippen LogP contribution in [0.3, 0.4) is 0 Å². The molecular weight excluding hydrogens is 360 g/mol. The zero-order chi connectivity index (χ0) is 18.9. The molecule has 27 heavy (non-hydrogen) atoms. The minimum atomic E-state index is -3.07. The van der Waals surface area contributed by atoms with E-state index in [1.165, 1.54) is 11.1 Å². The van der Waals surface area contributed by atoms with Gasteiger partial charge in [-0.1, -0.05) is 36.4 Å². The number of amides is 2. The van der Waals surface area contributed by atoms with Gasteiger partial charge < -0.3 is 10.2 Å². The van der Waals surface area contributed by atoms with Gasteiger partial charge in [-0.2, -0.15) is 0 Å². The number of hydrogen-bond acceptors (Lipinski definition) is 3. The molecule has 1 fully saturated rings. The van der Waals surface area contributed by atoms with E-state index in [4.69, 9.17) is 0 Å². The van der Waals surface area contributed by atoms with Crippen molar-refractivity contribution in [1.29, 1.82) is 0 Å². The predicted molar refractivity (Wildman–Crippen MR) is 107 cm³/mol. The van der Waals surface area contributed by atoms with Crippen molar-refractivity contribution in [3.63, 3.8) is 0 Å². The second-order valence-corrected chi connectivity index (χ2v) is 9.67. The summed E-state index contributed by atoms with van der Waals surface area (Å²) < 4.78 is 23.9. The molecule has 142 valence electrons. The first-order valence-corrected chi connectivity index (χ1v) is 11.3. The van der Waals surface area contributed by atoms with Gasteiger partial charge in [0.15, 0.2) is 9.84 Å². The van der Waals surface area contributed by atoms with Gasteiger partial charge in [0.25, 0.3) is 0 Å². The van der Waals surface area contributed by atoms with Gasteiger partial charge in [-0.05, 0) is 54.5 Å². The minimum Gasteiger partial charge on any atom is -0.316 e. The van der Waals surface area contributed by atoms with E-state index in [1.807, 2.05) is 42.5 Å². The summed E-state index contributed by atoms with van der Waals surface area (Å²) in [5.74, 6) is 0.187. The molecular formula is C21H24N2O3S. The molecule has 1 aliphatic heterocycles. The number of rotatable bonds is 4. The van der Waals surface area contributed by atoms with Crippen LogP contribution in [0.2, 0.25) is 0 Å². The molecule has 0 aromatic heterocycles. The Hall–Kier alpha value is -2.34. The molecule has 0 spiro atoms. The summed E-state index contributed by atoms with van der Waals surface area (Å²) in [5.41, 5.74) is 4.42. The zero-order valence-electron chi connectivity index (χ0n) is 15.2. The number of anilines is 1. The zero-order valence-corrected chi connectivity index (χ0v) is 16.0. The molecule has 4 rings (SSSR count). The summed E-state index contributed by atoms with van der Waals surface area (Å²) in [6, 6.07) is 15.2. The maximum Gasteiger partial charge on any atom is 0.322 e. The Morgan fingerprint density at radius 3 is 2.59 bits per heavy atom. The van der Waals surface area contributed by atoms with Crippen LogP contribution in [0.15, 0.2) is 48.5 Å². The van der Waals surface area contributed by atoms with Crippen molar-refractivity contribution in [2.45, 2.75) is 38.3 Å². The maximum absolute atomic E-state index is 13.0. The molecule has 1 N–H and O–H groups in total. The van der Waals surface area contributed by atoms with Crippen molar-refractivity contribution >= 4 is 21.6 Å². The van der Waals surface area contributed by atoms with E-state index in [0.717, 1.165) is 30.5 Å². The summed E-state index contributed by atoms with van der Waals surface area (Å²) in [4.78, 5) is 14.7. The van der Waals surface area contributed by atoms with Crippen molar-refractivity contribution in [2.75, 3.05) is 16.8 Å². The van der Waals surface area contributed by atoms with E-state index in [-0.39, 0.29) is 23.6 Å². The smallest absolute Gasteiger partial charge is 0.316 e. The van der Waals surface area contributed by atoms with Crippen molar-refractivity contribution in [1.82, 2.24) is 4.90 Å². The number of urea groups is 1. The maximum atomic E-state index is 13.0. The number of benzene rings is 2. The number of hydrogen-bond donors (Lipinski definition) is 1. The first-order chi connectivity index (χ1) is 13.0. The molecule has 1 heterocycles. The third kappa shape index (κ3) is 4.16. The fourth-order valence-corrected chi connectivity index (χ4v) is 5.74. The van der Waals surface area contributed by atoms with Crippen LogP contribution in [-0.4, -0.2) is 36.9 Å². The fraction of sp³-hybridized carbons (Fsp3) is 0.381. The highest BCUT2D eigenvalue weighted by Crippen LogP contribution is 2.26. The molecule has 0 radical (unpaired) electrons. The summed E-state index contributed by atoms with van der Waals surface area (Å²) in [6.07, 6.45) is 3.80. The lowest BCUT2D eigenvalue weighted by atomic mass is 10.1. The highest BCUT2D eigenvalue weighted by molar-refractivity contribution is 7.91. The number of aryl methyl sites for hydroxylation is 2. The van der Waals surface area contributed by atoms with Gasteiger partial charge in [-0.3, -0.25) is 0 Å². The molecule has 5 nitrogen and oxygen atoms in total. The second-order valence-electron chi connectivity index (χ2n) is 7.44. The standard InChI is InChI=1S/C21H24N2O3S/c24-21(22-19-10-9-17-7-4-8-18(17)13-19)23(14-16-5-2-1-3-6-16)20-11-12-27(25,26)15-20/h1-3,5-6,9-10,13,20H,4,7-8,11-12,14-15H2,(H,22,24)/t20-/m1/s1. The van der Waals surface area contributed by atoms with E-state index in [2.05, 4.69) is 11.4 Å². The summed E-state index contributed by atoms with van der Waals surface area (Å²) in [6.45, 7) is 0.401. The topological polar surface area (TPSA) is 66.5 Å². The van der Waals surface area contributed by atoms with Gasteiger partial charge in [0.05, 0.1) is 11.5 Å². The minimum absolute atomic E-state index is 0.0391. The first kappa shape index (κ1) is 18.0. The molecule has 2 aliphatic rings. The van der Waals surface area contributed by atoms with E-state index >= 15 is 0 Å². The van der Waals surface area contributed by atoms with Crippen LogP contribution in [0.1, 0.15) is 29.5 Å². The van der Waals surface area contributed by atoms with E-state index in [0.29, 0.717) is 13.0 Å². The Bertz CT molecular complexity index is 941. The second kappa shape index (κ2) is 7.35. The largest absolute Gasteiger partial charge is 0.322 e. The normalized spacial score (nSPS) is 20.2. The summed E-state index contributed by atoms with van der Waals surface area (Å²) >= 11 is 0. The molecule has 1 aliphatic carbocycles. The molecule has 2 aromatic rings. The van der Waals surface area contributed by atoms with Gasteiger partial charge in [-0.25, -0.2) is 13.2 Å². The van der Waals surface area contributed by atoms with Crippen LogP contribution >= 0.6 is 0 Å². The summed E-state index contributed by atoms with van der Waals surface area (Å²) in [5, 5.41) is 2.99. The van der Waals surface area contributed by atoms with E-state index in [1.54, 1.807) is 4.90 Å². The number of fused-ring (bicyclic) bond motifs is 1. The molecule has 0 saturated carbocycles. The number of nitrogens with one attached hydrogen (secondary N) is 1. The molecule has 0 bridgehead atoms. The number of carbonyl (C=O) groups excluding carboxylic acids is 1. The predicted octanol–water partition coefficient (Wildman–Crippen LogP) is 3.40. The van der Waals surface area contributed by atoms with Crippen LogP contribution in [0, 0.1) is 0 Å². The molecule has 0 unspecified atom stereocenters. The molecule has 2 aromatic carbocycles. The molecule has 1 saturated heterocycles. The van der Waals surface area contributed by atoms with Crippen molar-refractivity contribution in [3.8, 4) is 0 Å². The Labute approximate surface area is 160 Å². The van der Waals surface area contributed by atoms with Gasteiger partial charge >= 0.3 is 6.03 Å². The monoisotopic (exact) mass is 384 g/mol. The Morgan fingerprint density at radius 2 is 1.85 bits per heavy atom. The van der Waals surface area contributed by atoms with Crippen LogP contribution in [0.4, 0.5) is 10.5 Å². The first-order valence-electron chi connectivity index (χ1n) is 9.44. The lowest BCUT2D eigenvalue weighted by molar-refractivity contribution is 0.190. The lowest BCUT2D eigenvalue weighted by Gasteiger charge is -2.28. The summed E-state index contributed by atoms with van der Waals surface area (Å²) in [7, 11) is -3.07. The van der Waals surface area contributed by atoms with Gasteiger partial charge in [0, 0.05) is 18.3 Å².